The van der Waals surface area contributed by atoms with Gasteiger partial charge >= 0.3 is 0 Å². The van der Waals surface area contributed by atoms with Gasteiger partial charge in [-0.05, 0) is 23.6 Å². The predicted molar refractivity (Wildman–Crippen MR) is 53.9 cm³/mol. The third-order valence-corrected chi connectivity index (χ3v) is 2.55. The average Bonchev–Trinajstić information content (AvgIpc) is 2.67. The van der Waals surface area contributed by atoms with E-state index in [2.05, 4.69) is 6.07 Å². The van der Waals surface area contributed by atoms with Gasteiger partial charge in [0.05, 0.1) is 0 Å². The highest BCUT2D eigenvalue weighted by atomic mass is 32.1. The Morgan fingerprint density at radius 3 is 3.07 bits per heavy atom. The zero-order valence-corrected chi connectivity index (χ0v) is 8.18. The van der Waals surface area contributed by atoms with Crippen LogP contribution in [0.1, 0.15) is 4.88 Å². The van der Waals surface area contributed by atoms with Crippen molar-refractivity contribution in [2.24, 2.45) is 0 Å². The molecule has 0 bridgehead atoms. The summed E-state index contributed by atoms with van der Waals surface area (Å²) in [7, 11) is 0. The number of rotatable bonds is 3. The first-order chi connectivity index (χ1) is 6.84. The molecule has 1 aromatic carbocycles. The van der Waals surface area contributed by atoms with E-state index < -0.39 is 5.82 Å². The molecule has 71 valence electrons. The second-order valence-corrected chi connectivity index (χ2v) is 3.77. The van der Waals surface area contributed by atoms with E-state index >= 15 is 0 Å². The van der Waals surface area contributed by atoms with Crippen LogP contribution in [0.3, 0.4) is 0 Å². The van der Waals surface area contributed by atoms with Gasteiger partial charge in [-0.25, -0.2) is 4.39 Å². The zero-order chi connectivity index (χ0) is 9.80. The van der Waals surface area contributed by atoms with Gasteiger partial charge in [-0.3, -0.25) is 0 Å². The Balaban J connectivity index is 1.98. The Morgan fingerprint density at radius 2 is 2.36 bits per heavy atom. The van der Waals surface area contributed by atoms with Gasteiger partial charge in [0, 0.05) is 17.0 Å². The van der Waals surface area contributed by atoms with Crippen LogP contribution in [0, 0.1) is 11.9 Å². The van der Waals surface area contributed by atoms with E-state index in [1.165, 1.54) is 12.1 Å². The molecule has 1 radical (unpaired) electrons. The lowest BCUT2D eigenvalue weighted by molar-refractivity contribution is 0.308. The molecule has 3 heteroatoms. The van der Waals surface area contributed by atoms with Gasteiger partial charge in [-0.1, -0.05) is 6.07 Å². The summed E-state index contributed by atoms with van der Waals surface area (Å²) in [6.45, 7) is 0.487. The van der Waals surface area contributed by atoms with Crippen LogP contribution in [0.2, 0.25) is 0 Å². The van der Waals surface area contributed by atoms with Crippen molar-refractivity contribution >= 4 is 11.3 Å². The van der Waals surface area contributed by atoms with Crippen molar-refractivity contribution in [3.8, 4) is 5.75 Å². The fourth-order valence-corrected chi connectivity index (χ4v) is 1.67. The summed E-state index contributed by atoms with van der Waals surface area (Å²) in [5.41, 5.74) is 0. The highest BCUT2D eigenvalue weighted by molar-refractivity contribution is 7.09. The van der Waals surface area contributed by atoms with Crippen LogP contribution in [0.5, 0.6) is 5.75 Å². The van der Waals surface area contributed by atoms with Crippen molar-refractivity contribution in [1.82, 2.24) is 0 Å². The molecule has 0 aliphatic carbocycles. The molecule has 0 unspecified atom stereocenters. The first-order valence-electron chi connectivity index (χ1n) is 4.17. The summed E-state index contributed by atoms with van der Waals surface area (Å²) < 4.78 is 18.1. The summed E-state index contributed by atoms with van der Waals surface area (Å²) in [4.78, 5) is 1.12. The molecule has 0 amide bonds. The third kappa shape index (κ3) is 2.33. The van der Waals surface area contributed by atoms with E-state index in [9.17, 15) is 4.39 Å². The van der Waals surface area contributed by atoms with Gasteiger partial charge in [0.1, 0.15) is 18.2 Å². The van der Waals surface area contributed by atoms with E-state index in [-0.39, 0.29) is 0 Å². The Morgan fingerprint density at radius 1 is 1.43 bits per heavy atom. The highest BCUT2D eigenvalue weighted by Crippen LogP contribution is 2.15. The van der Waals surface area contributed by atoms with Crippen molar-refractivity contribution in [2.75, 3.05) is 0 Å². The Hall–Kier alpha value is -1.35. The van der Waals surface area contributed by atoms with Crippen LogP contribution in [0.4, 0.5) is 4.39 Å². The minimum absolute atomic E-state index is 0.395. The molecule has 0 spiro atoms. The van der Waals surface area contributed by atoms with Crippen molar-refractivity contribution in [3.05, 3.63) is 52.5 Å². The standard InChI is InChI=1S/C11H8FOS/c12-9-3-1-4-10(7-9)13-8-11-5-2-6-14-11/h1-2,4-7H,8H2. The summed E-state index contributed by atoms with van der Waals surface area (Å²) in [5, 5.41) is 1.98. The molecule has 1 heterocycles. The summed E-state index contributed by atoms with van der Waals surface area (Å²) in [5.74, 6) is 0.142. The lowest BCUT2D eigenvalue weighted by Gasteiger charge is -2.03. The second kappa shape index (κ2) is 4.24. The van der Waals surface area contributed by atoms with Crippen molar-refractivity contribution in [2.45, 2.75) is 6.61 Å². The maximum Gasteiger partial charge on any atom is 0.134 e. The number of hydrogen-bond donors (Lipinski definition) is 0. The van der Waals surface area contributed by atoms with Crippen molar-refractivity contribution < 1.29 is 9.13 Å². The topological polar surface area (TPSA) is 9.23 Å². The molecular formula is C11H8FOS. The number of hydrogen-bond acceptors (Lipinski definition) is 2. The summed E-state index contributed by atoms with van der Waals surface area (Å²) >= 11 is 1.62. The lowest BCUT2D eigenvalue weighted by Crippen LogP contribution is -1.92. The smallest absolute Gasteiger partial charge is 0.134 e. The van der Waals surface area contributed by atoms with Crippen LogP contribution in [-0.2, 0) is 6.61 Å². The van der Waals surface area contributed by atoms with Crippen LogP contribution in [0.15, 0.2) is 35.7 Å². The maximum atomic E-state index is 12.7. The zero-order valence-electron chi connectivity index (χ0n) is 7.37. The first kappa shape index (κ1) is 9.21. The van der Waals surface area contributed by atoms with E-state index in [0.717, 1.165) is 4.88 Å². The normalized spacial score (nSPS) is 10.1. The molecule has 1 nitrogen and oxygen atoms in total. The largest absolute Gasteiger partial charge is 0.488 e. The summed E-state index contributed by atoms with van der Waals surface area (Å²) in [6, 6.07) is 10.9. The quantitative estimate of drug-likeness (QED) is 0.750. The Labute approximate surface area is 85.8 Å². The van der Waals surface area contributed by atoms with Crippen LogP contribution < -0.4 is 4.74 Å². The Kier molecular flexibility index (Phi) is 2.79. The molecule has 0 atom stereocenters. The SMILES string of the molecule is Fc1[c]ccc(OCc2cccs2)c1. The van der Waals surface area contributed by atoms with E-state index in [1.54, 1.807) is 17.4 Å². The molecule has 0 aliphatic heterocycles. The van der Waals surface area contributed by atoms with Crippen LogP contribution >= 0.6 is 11.3 Å². The van der Waals surface area contributed by atoms with Gasteiger partial charge in [-0.2, -0.15) is 0 Å². The fraction of sp³-hybridized carbons (Fsp3) is 0.0909. The van der Waals surface area contributed by atoms with Gasteiger partial charge in [-0.15, -0.1) is 11.3 Å². The van der Waals surface area contributed by atoms with Crippen molar-refractivity contribution in [3.63, 3.8) is 0 Å². The second-order valence-electron chi connectivity index (χ2n) is 2.74. The van der Waals surface area contributed by atoms with E-state index in [1.807, 2.05) is 17.5 Å². The third-order valence-electron chi connectivity index (χ3n) is 1.70. The predicted octanol–water partition coefficient (Wildman–Crippen LogP) is 3.27. The maximum absolute atomic E-state index is 12.7. The highest BCUT2D eigenvalue weighted by Gasteiger charge is 1.97. The molecular weight excluding hydrogens is 199 g/mol. The molecule has 0 N–H and O–H groups in total. The molecule has 2 aromatic rings. The van der Waals surface area contributed by atoms with Crippen LogP contribution in [-0.4, -0.2) is 0 Å². The van der Waals surface area contributed by atoms with E-state index in [4.69, 9.17) is 4.74 Å². The molecule has 0 fully saturated rings. The molecule has 14 heavy (non-hydrogen) atoms. The molecule has 0 saturated heterocycles. The number of ether oxygens (including phenoxy) is 1. The van der Waals surface area contributed by atoms with Gasteiger partial charge < -0.3 is 4.74 Å². The molecule has 1 aromatic heterocycles. The van der Waals surface area contributed by atoms with Gasteiger partial charge in [0.15, 0.2) is 0 Å². The Bertz CT molecular complexity index is 397. The number of thiophene rings is 1. The van der Waals surface area contributed by atoms with Crippen molar-refractivity contribution in [1.29, 1.82) is 0 Å². The first-order valence-corrected chi connectivity index (χ1v) is 5.05. The minimum atomic E-state index is -0.395. The van der Waals surface area contributed by atoms with Crippen LogP contribution in [0.25, 0.3) is 0 Å². The van der Waals surface area contributed by atoms with Gasteiger partial charge in [0.2, 0.25) is 0 Å². The monoisotopic (exact) mass is 207 g/mol. The average molecular weight is 207 g/mol. The molecule has 2 rings (SSSR count). The lowest BCUT2D eigenvalue weighted by atomic mass is 10.3. The molecule has 0 aliphatic rings. The number of benzene rings is 1. The van der Waals surface area contributed by atoms with E-state index in [0.29, 0.717) is 12.4 Å². The number of halogens is 1. The fourth-order valence-electron chi connectivity index (χ4n) is 1.06. The minimum Gasteiger partial charge on any atom is -0.488 e. The molecule has 0 saturated carbocycles. The van der Waals surface area contributed by atoms with Gasteiger partial charge in [0.25, 0.3) is 0 Å². The summed E-state index contributed by atoms with van der Waals surface area (Å²) in [6.07, 6.45) is 0.